The number of rotatable bonds is 6. The van der Waals surface area contributed by atoms with Crippen LogP contribution < -0.4 is 10.1 Å². The van der Waals surface area contributed by atoms with Crippen LogP contribution >= 0.6 is 0 Å². The van der Waals surface area contributed by atoms with Crippen LogP contribution in [0.5, 0.6) is 5.75 Å². The van der Waals surface area contributed by atoms with Gasteiger partial charge in [-0.05, 0) is 32.4 Å². The number of carbonyl (C=O) groups is 2. The van der Waals surface area contributed by atoms with E-state index in [2.05, 4.69) is 5.32 Å². The third-order valence-electron chi connectivity index (χ3n) is 3.98. The molecule has 6 heteroatoms. The summed E-state index contributed by atoms with van der Waals surface area (Å²) < 4.78 is 5.29. The van der Waals surface area contributed by atoms with E-state index in [4.69, 9.17) is 9.84 Å². The number of carbonyl (C=O) groups excluding carboxylic acids is 1. The van der Waals surface area contributed by atoms with Crippen LogP contribution in [0.4, 0.5) is 0 Å². The molecule has 1 aromatic carbocycles. The maximum atomic E-state index is 12.2. The van der Waals surface area contributed by atoms with E-state index < -0.39 is 12.0 Å². The summed E-state index contributed by atoms with van der Waals surface area (Å²) in [6.07, 6.45) is 1.41. The predicted molar refractivity (Wildman–Crippen MR) is 81.8 cm³/mol. The minimum absolute atomic E-state index is 0.108. The lowest BCUT2D eigenvalue weighted by atomic mass is 10.1. The van der Waals surface area contributed by atoms with Crippen molar-refractivity contribution in [2.75, 3.05) is 20.2 Å². The summed E-state index contributed by atoms with van der Waals surface area (Å²) in [5, 5.41) is 12.0. The van der Waals surface area contributed by atoms with Crippen LogP contribution in [-0.4, -0.2) is 48.1 Å². The largest absolute Gasteiger partial charge is 0.496 e. The fourth-order valence-corrected chi connectivity index (χ4v) is 2.87. The van der Waals surface area contributed by atoms with Gasteiger partial charge in [0.2, 0.25) is 5.91 Å². The molecule has 0 radical (unpaired) electrons. The van der Waals surface area contributed by atoms with Gasteiger partial charge in [-0.1, -0.05) is 18.2 Å². The van der Waals surface area contributed by atoms with Crippen LogP contribution in [0.2, 0.25) is 0 Å². The Morgan fingerprint density at radius 1 is 1.45 bits per heavy atom. The lowest BCUT2D eigenvalue weighted by molar-refractivity contribution is -0.142. The number of hydrogen-bond acceptors (Lipinski definition) is 4. The fourth-order valence-electron chi connectivity index (χ4n) is 2.87. The molecule has 2 unspecified atom stereocenters. The van der Waals surface area contributed by atoms with E-state index in [1.165, 1.54) is 0 Å². The SMILES string of the molecule is COc1ccccc1C(C)NC(=O)CN1CCCC1C(=O)O. The molecule has 1 aliphatic rings. The molecule has 2 rings (SSSR count). The Labute approximate surface area is 130 Å². The van der Waals surface area contributed by atoms with Crippen LogP contribution in [0.25, 0.3) is 0 Å². The Morgan fingerprint density at radius 2 is 2.18 bits per heavy atom. The van der Waals surface area contributed by atoms with E-state index in [0.717, 1.165) is 17.7 Å². The molecule has 1 amide bonds. The molecule has 0 bridgehead atoms. The first kappa shape index (κ1) is 16.3. The van der Waals surface area contributed by atoms with Crippen molar-refractivity contribution in [3.63, 3.8) is 0 Å². The standard InChI is InChI=1S/C16H22N2O4/c1-11(12-6-3-4-8-14(12)22-2)17-15(19)10-18-9-5-7-13(18)16(20)21/h3-4,6,8,11,13H,5,7,9-10H2,1-2H3,(H,17,19)(H,20,21). The van der Waals surface area contributed by atoms with Crippen LogP contribution in [0.1, 0.15) is 31.4 Å². The van der Waals surface area contributed by atoms with Gasteiger partial charge in [0, 0.05) is 5.56 Å². The molecule has 0 aromatic heterocycles. The van der Waals surface area contributed by atoms with Crippen molar-refractivity contribution in [3.8, 4) is 5.75 Å². The summed E-state index contributed by atoms with van der Waals surface area (Å²) in [6.45, 7) is 2.64. The second-order valence-electron chi connectivity index (χ2n) is 5.50. The maximum Gasteiger partial charge on any atom is 0.320 e. The molecule has 0 aliphatic carbocycles. The zero-order chi connectivity index (χ0) is 16.1. The maximum absolute atomic E-state index is 12.2. The molecule has 6 nitrogen and oxygen atoms in total. The van der Waals surface area contributed by atoms with E-state index in [9.17, 15) is 9.59 Å². The van der Waals surface area contributed by atoms with Crippen molar-refractivity contribution in [1.82, 2.24) is 10.2 Å². The first-order chi connectivity index (χ1) is 10.5. The molecule has 1 heterocycles. The fraction of sp³-hybridized carbons (Fsp3) is 0.500. The summed E-state index contributed by atoms with van der Waals surface area (Å²) in [7, 11) is 1.59. The second-order valence-corrected chi connectivity index (χ2v) is 5.50. The number of aliphatic carboxylic acids is 1. The lowest BCUT2D eigenvalue weighted by Crippen LogP contribution is -2.43. The van der Waals surface area contributed by atoms with Crippen LogP contribution in [0.15, 0.2) is 24.3 Å². The normalized spacial score (nSPS) is 19.6. The third kappa shape index (κ3) is 3.76. The summed E-state index contributed by atoms with van der Waals surface area (Å²) in [5.74, 6) is -0.311. The highest BCUT2D eigenvalue weighted by Crippen LogP contribution is 2.24. The third-order valence-corrected chi connectivity index (χ3v) is 3.98. The van der Waals surface area contributed by atoms with Crippen LogP contribution in [-0.2, 0) is 9.59 Å². The molecule has 1 saturated heterocycles. The summed E-state index contributed by atoms with van der Waals surface area (Å²) in [5.41, 5.74) is 0.898. The molecular formula is C16H22N2O4. The van der Waals surface area contributed by atoms with Crippen molar-refractivity contribution < 1.29 is 19.4 Å². The van der Waals surface area contributed by atoms with Gasteiger partial charge in [-0.3, -0.25) is 14.5 Å². The Balaban J connectivity index is 1.95. The van der Waals surface area contributed by atoms with Crippen molar-refractivity contribution in [3.05, 3.63) is 29.8 Å². The lowest BCUT2D eigenvalue weighted by Gasteiger charge is -2.22. The van der Waals surface area contributed by atoms with Gasteiger partial charge in [0.1, 0.15) is 11.8 Å². The van der Waals surface area contributed by atoms with Gasteiger partial charge in [-0.15, -0.1) is 0 Å². The van der Waals surface area contributed by atoms with Gasteiger partial charge < -0.3 is 15.2 Å². The van der Waals surface area contributed by atoms with E-state index in [1.807, 2.05) is 31.2 Å². The molecule has 0 spiro atoms. The Kier molecular flexibility index (Phi) is 5.38. The number of amides is 1. The number of nitrogens with one attached hydrogen (secondary N) is 1. The molecule has 1 aliphatic heterocycles. The van der Waals surface area contributed by atoms with Gasteiger partial charge >= 0.3 is 5.97 Å². The molecular weight excluding hydrogens is 284 g/mol. The van der Waals surface area contributed by atoms with E-state index in [-0.39, 0.29) is 18.5 Å². The van der Waals surface area contributed by atoms with Gasteiger partial charge in [-0.25, -0.2) is 0 Å². The quantitative estimate of drug-likeness (QED) is 0.831. The summed E-state index contributed by atoms with van der Waals surface area (Å²) in [4.78, 5) is 25.0. The highest BCUT2D eigenvalue weighted by molar-refractivity contribution is 5.80. The van der Waals surface area contributed by atoms with Gasteiger partial charge in [0.15, 0.2) is 0 Å². The number of para-hydroxylation sites is 1. The number of carboxylic acids is 1. The first-order valence-corrected chi connectivity index (χ1v) is 7.42. The number of methoxy groups -OCH3 is 1. The van der Waals surface area contributed by atoms with Crippen LogP contribution in [0, 0.1) is 0 Å². The zero-order valence-corrected chi connectivity index (χ0v) is 12.9. The van der Waals surface area contributed by atoms with E-state index in [0.29, 0.717) is 13.0 Å². The Bertz CT molecular complexity index is 547. The topological polar surface area (TPSA) is 78.9 Å². The number of nitrogens with zero attached hydrogens (tertiary/aromatic N) is 1. The molecule has 1 fully saturated rings. The average molecular weight is 306 g/mol. The molecule has 22 heavy (non-hydrogen) atoms. The van der Waals surface area contributed by atoms with Gasteiger partial charge in [0.05, 0.1) is 19.7 Å². The molecule has 120 valence electrons. The Hall–Kier alpha value is -2.08. The number of likely N-dealkylation sites (tertiary alicyclic amines) is 1. The first-order valence-electron chi connectivity index (χ1n) is 7.42. The van der Waals surface area contributed by atoms with Gasteiger partial charge in [0.25, 0.3) is 0 Å². The van der Waals surface area contributed by atoms with E-state index in [1.54, 1.807) is 12.0 Å². The monoisotopic (exact) mass is 306 g/mol. The number of benzene rings is 1. The highest BCUT2D eigenvalue weighted by atomic mass is 16.5. The number of carboxylic acid groups (broad SMARTS) is 1. The average Bonchev–Trinajstić information content (AvgIpc) is 2.95. The molecule has 1 aromatic rings. The smallest absolute Gasteiger partial charge is 0.320 e. The molecule has 2 N–H and O–H groups in total. The van der Waals surface area contributed by atoms with E-state index >= 15 is 0 Å². The van der Waals surface area contributed by atoms with Crippen LogP contribution in [0.3, 0.4) is 0 Å². The summed E-state index contributed by atoms with van der Waals surface area (Å²) >= 11 is 0. The van der Waals surface area contributed by atoms with Gasteiger partial charge in [-0.2, -0.15) is 0 Å². The minimum atomic E-state index is -0.858. The van der Waals surface area contributed by atoms with Crippen molar-refractivity contribution in [2.24, 2.45) is 0 Å². The van der Waals surface area contributed by atoms with Crippen molar-refractivity contribution in [1.29, 1.82) is 0 Å². The second kappa shape index (κ2) is 7.26. The van der Waals surface area contributed by atoms with Crippen molar-refractivity contribution >= 4 is 11.9 Å². The highest BCUT2D eigenvalue weighted by Gasteiger charge is 2.31. The van der Waals surface area contributed by atoms with Crippen molar-refractivity contribution in [2.45, 2.75) is 31.8 Å². The molecule has 2 atom stereocenters. The Morgan fingerprint density at radius 3 is 2.86 bits per heavy atom. The minimum Gasteiger partial charge on any atom is -0.496 e. The zero-order valence-electron chi connectivity index (χ0n) is 12.9. The molecule has 0 saturated carbocycles. The number of ether oxygens (including phenoxy) is 1. The summed E-state index contributed by atoms with van der Waals surface area (Å²) in [6, 6.07) is 6.76. The predicted octanol–water partition coefficient (Wildman–Crippen LogP) is 1.42. The number of hydrogen-bond donors (Lipinski definition) is 2.